The van der Waals surface area contributed by atoms with E-state index in [1.165, 1.54) is 6.08 Å². The molecule has 2 aliphatic rings. The molecule has 1 saturated carbocycles. The van der Waals surface area contributed by atoms with Crippen LogP contribution in [0.5, 0.6) is 17.2 Å². The number of carbonyl (C=O) groups is 2. The molecule has 1 aliphatic heterocycles. The number of rotatable bonds is 7. The van der Waals surface area contributed by atoms with Crippen LogP contribution in [0.1, 0.15) is 38.2 Å². The van der Waals surface area contributed by atoms with Gasteiger partial charge in [-0.1, -0.05) is 18.2 Å². The lowest BCUT2D eigenvalue weighted by atomic mass is 10.2. The summed E-state index contributed by atoms with van der Waals surface area (Å²) in [5, 5.41) is 2.71. The summed E-state index contributed by atoms with van der Waals surface area (Å²) in [6.07, 6.45) is 6.75. The largest absolute Gasteiger partial charge is 0.493 e. The lowest BCUT2D eigenvalue weighted by Gasteiger charge is -2.21. The van der Waals surface area contributed by atoms with E-state index in [0.29, 0.717) is 29.5 Å². The van der Waals surface area contributed by atoms with E-state index in [1.807, 2.05) is 31.2 Å². The molecule has 0 aromatic heterocycles. The Morgan fingerprint density at radius 2 is 1.87 bits per heavy atom. The fraction of sp³-hybridized carbons (Fsp3) is 0.333. The maximum Gasteiger partial charge on any atom is 0.331 e. The van der Waals surface area contributed by atoms with Gasteiger partial charge in [-0.25, -0.2) is 4.79 Å². The highest BCUT2D eigenvalue weighted by atomic mass is 16.7. The maximum atomic E-state index is 12.2. The summed E-state index contributed by atoms with van der Waals surface area (Å²) in [6.45, 7) is 2.02. The number of esters is 1. The minimum atomic E-state index is -0.615. The van der Waals surface area contributed by atoms with Gasteiger partial charge in [0.2, 0.25) is 0 Å². The smallest absolute Gasteiger partial charge is 0.331 e. The van der Waals surface area contributed by atoms with Crippen LogP contribution in [0.3, 0.4) is 0 Å². The third-order valence-electron chi connectivity index (χ3n) is 5.15. The number of para-hydroxylation sites is 1. The van der Waals surface area contributed by atoms with Crippen LogP contribution < -0.4 is 19.5 Å². The van der Waals surface area contributed by atoms with E-state index in [9.17, 15) is 9.59 Å². The maximum absolute atomic E-state index is 12.2. The highest BCUT2D eigenvalue weighted by Crippen LogP contribution is 2.47. The van der Waals surface area contributed by atoms with Crippen molar-refractivity contribution in [3.63, 3.8) is 0 Å². The van der Waals surface area contributed by atoms with Gasteiger partial charge in [0.1, 0.15) is 5.75 Å². The van der Waals surface area contributed by atoms with Gasteiger partial charge < -0.3 is 24.3 Å². The van der Waals surface area contributed by atoms with Crippen molar-refractivity contribution in [3.05, 3.63) is 54.1 Å². The van der Waals surface area contributed by atoms with Crippen LogP contribution in [0.25, 0.3) is 6.08 Å². The van der Waals surface area contributed by atoms with Gasteiger partial charge in [0.25, 0.3) is 11.7 Å². The van der Waals surface area contributed by atoms with E-state index < -0.39 is 24.3 Å². The molecule has 2 aromatic carbocycles. The predicted octanol–water partition coefficient (Wildman–Crippen LogP) is 4.32. The molecule has 1 spiro atoms. The van der Waals surface area contributed by atoms with E-state index in [2.05, 4.69) is 5.32 Å². The molecule has 0 bridgehead atoms. The molecule has 7 nitrogen and oxygen atoms in total. The summed E-state index contributed by atoms with van der Waals surface area (Å²) in [5.74, 6) is 0.375. The Morgan fingerprint density at radius 3 is 2.68 bits per heavy atom. The zero-order valence-corrected chi connectivity index (χ0v) is 17.4. The molecule has 2 aromatic rings. The van der Waals surface area contributed by atoms with E-state index in [4.69, 9.17) is 18.9 Å². The molecule has 1 fully saturated rings. The lowest BCUT2D eigenvalue weighted by Crippen LogP contribution is -2.34. The molecule has 162 valence electrons. The first-order chi connectivity index (χ1) is 15.1. The summed E-state index contributed by atoms with van der Waals surface area (Å²) >= 11 is 0. The molecule has 1 aliphatic carbocycles. The van der Waals surface area contributed by atoms with Crippen molar-refractivity contribution in [3.8, 4) is 17.2 Å². The van der Waals surface area contributed by atoms with Crippen LogP contribution in [0.2, 0.25) is 0 Å². The quantitative estimate of drug-likeness (QED) is 0.527. The number of amides is 1. The van der Waals surface area contributed by atoms with Crippen molar-refractivity contribution < 1.29 is 28.5 Å². The molecule has 0 saturated heterocycles. The summed E-state index contributed by atoms with van der Waals surface area (Å²) in [7, 11) is 0. The first kappa shape index (κ1) is 20.8. The van der Waals surface area contributed by atoms with Gasteiger partial charge in [-0.15, -0.1) is 0 Å². The molecule has 0 unspecified atom stereocenters. The normalized spacial score (nSPS) is 15.9. The Kier molecular flexibility index (Phi) is 6.11. The summed E-state index contributed by atoms with van der Waals surface area (Å²) in [5.41, 5.74) is 1.31. The first-order valence-corrected chi connectivity index (χ1v) is 10.5. The van der Waals surface area contributed by atoms with Crippen molar-refractivity contribution in [1.82, 2.24) is 0 Å². The Morgan fingerprint density at radius 1 is 1.10 bits per heavy atom. The fourth-order valence-electron chi connectivity index (χ4n) is 3.73. The van der Waals surface area contributed by atoms with Crippen molar-refractivity contribution in [2.75, 3.05) is 18.5 Å². The second-order valence-corrected chi connectivity index (χ2v) is 7.44. The molecule has 31 heavy (non-hydrogen) atoms. The van der Waals surface area contributed by atoms with Gasteiger partial charge in [-0.2, -0.15) is 0 Å². The van der Waals surface area contributed by atoms with Crippen molar-refractivity contribution in [2.45, 2.75) is 38.4 Å². The van der Waals surface area contributed by atoms with Crippen molar-refractivity contribution in [2.24, 2.45) is 0 Å². The molecule has 4 rings (SSSR count). The number of anilines is 1. The molecule has 7 heteroatoms. The van der Waals surface area contributed by atoms with E-state index in [0.717, 1.165) is 31.2 Å². The number of ether oxygens (including phenoxy) is 4. The van der Waals surface area contributed by atoms with Gasteiger partial charge in [0, 0.05) is 36.2 Å². The summed E-state index contributed by atoms with van der Waals surface area (Å²) in [6, 6.07) is 12.6. The Bertz CT molecular complexity index is 993. The topological polar surface area (TPSA) is 83.1 Å². The zero-order valence-electron chi connectivity index (χ0n) is 17.4. The lowest BCUT2D eigenvalue weighted by molar-refractivity contribution is -0.142. The molecule has 1 heterocycles. The zero-order chi connectivity index (χ0) is 21.7. The second-order valence-electron chi connectivity index (χ2n) is 7.44. The second kappa shape index (κ2) is 9.12. The molecular weight excluding hydrogens is 398 g/mol. The Hall–Kier alpha value is -3.48. The predicted molar refractivity (Wildman–Crippen MR) is 115 cm³/mol. The monoisotopic (exact) mass is 423 g/mol. The van der Waals surface area contributed by atoms with Gasteiger partial charge >= 0.3 is 5.97 Å². The number of hydrogen-bond donors (Lipinski definition) is 1. The van der Waals surface area contributed by atoms with E-state index >= 15 is 0 Å². The van der Waals surface area contributed by atoms with E-state index in [1.54, 1.807) is 24.3 Å². The standard InChI is InChI=1S/C24H25NO6/c1-2-28-19-8-4-3-7-17(19)9-12-23(27)29-16-22(26)25-18-10-11-20-21(15-18)31-24(30-20)13-5-6-14-24/h3-4,7-12,15H,2,5-6,13-14,16H2,1H3,(H,25,26)/b12-9+. The van der Waals surface area contributed by atoms with Crippen molar-refractivity contribution >= 4 is 23.6 Å². The highest BCUT2D eigenvalue weighted by molar-refractivity contribution is 5.95. The fourth-order valence-corrected chi connectivity index (χ4v) is 3.73. The number of nitrogens with one attached hydrogen (secondary N) is 1. The number of fused-ring (bicyclic) bond motifs is 1. The third kappa shape index (κ3) is 4.99. The third-order valence-corrected chi connectivity index (χ3v) is 5.15. The van der Waals surface area contributed by atoms with Crippen LogP contribution in [0.4, 0.5) is 5.69 Å². The summed E-state index contributed by atoms with van der Waals surface area (Å²) < 4.78 is 22.5. The Balaban J connectivity index is 1.28. The molecule has 0 radical (unpaired) electrons. The average Bonchev–Trinajstić information content (AvgIpc) is 3.37. The van der Waals surface area contributed by atoms with Crippen LogP contribution >= 0.6 is 0 Å². The molecule has 1 N–H and O–H groups in total. The van der Waals surface area contributed by atoms with Gasteiger partial charge in [-0.05, 0) is 44.0 Å². The number of carbonyl (C=O) groups excluding carboxylic acids is 2. The number of benzene rings is 2. The van der Waals surface area contributed by atoms with Crippen LogP contribution in [0.15, 0.2) is 48.5 Å². The minimum Gasteiger partial charge on any atom is -0.493 e. The molecule has 1 amide bonds. The van der Waals surface area contributed by atoms with Gasteiger partial charge in [0.15, 0.2) is 18.1 Å². The van der Waals surface area contributed by atoms with Crippen LogP contribution in [-0.4, -0.2) is 30.9 Å². The number of hydrogen-bond acceptors (Lipinski definition) is 6. The van der Waals surface area contributed by atoms with Crippen LogP contribution in [0, 0.1) is 0 Å². The molecular formula is C24H25NO6. The first-order valence-electron chi connectivity index (χ1n) is 10.5. The Labute approximate surface area is 180 Å². The van der Waals surface area contributed by atoms with Gasteiger partial charge in [0.05, 0.1) is 6.61 Å². The van der Waals surface area contributed by atoms with E-state index in [-0.39, 0.29) is 0 Å². The van der Waals surface area contributed by atoms with Crippen molar-refractivity contribution in [1.29, 1.82) is 0 Å². The summed E-state index contributed by atoms with van der Waals surface area (Å²) in [4.78, 5) is 24.1. The van der Waals surface area contributed by atoms with Gasteiger partial charge in [-0.3, -0.25) is 4.79 Å². The highest BCUT2D eigenvalue weighted by Gasteiger charge is 2.44. The molecule has 0 atom stereocenters. The minimum absolute atomic E-state index is 0.394. The SMILES string of the molecule is CCOc1ccccc1/C=C/C(=O)OCC(=O)Nc1ccc2c(c1)OC1(CCCC1)O2. The van der Waals surface area contributed by atoms with Crippen LogP contribution in [-0.2, 0) is 14.3 Å². The average molecular weight is 423 g/mol.